The third-order valence-corrected chi connectivity index (χ3v) is 2.39. The first kappa shape index (κ1) is 14.0. The molecule has 0 heterocycles. The molecular formula is C12H16FN3O2. The van der Waals surface area contributed by atoms with Gasteiger partial charge in [-0.1, -0.05) is 6.07 Å². The highest BCUT2D eigenvalue weighted by atomic mass is 19.1. The number of carbonyl (C=O) groups excluding carboxylic acids is 2. The van der Waals surface area contributed by atoms with Crippen LogP contribution >= 0.6 is 0 Å². The fourth-order valence-electron chi connectivity index (χ4n) is 1.36. The number of amides is 2. The fourth-order valence-corrected chi connectivity index (χ4v) is 1.36. The number of primary amides is 1. The van der Waals surface area contributed by atoms with Crippen LogP contribution in [0.25, 0.3) is 0 Å². The summed E-state index contributed by atoms with van der Waals surface area (Å²) >= 11 is 0. The second kappa shape index (κ2) is 6.00. The lowest BCUT2D eigenvalue weighted by Crippen LogP contribution is -2.39. The van der Waals surface area contributed by atoms with Crippen LogP contribution in [0.4, 0.5) is 10.1 Å². The van der Waals surface area contributed by atoms with Crippen LogP contribution in [0.1, 0.15) is 6.42 Å². The number of anilines is 1. The zero-order valence-corrected chi connectivity index (χ0v) is 10.3. The van der Waals surface area contributed by atoms with E-state index in [2.05, 4.69) is 5.32 Å². The first-order valence-corrected chi connectivity index (χ1v) is 5.41. The summed E-state index contributed by atoms with van der Waals surface area (Å²) in [7, 11) is 3.17. The van der Waals surface area contributed by atoms with Crippen LogP contribution in [0.3, 0.4) is 0 Å². The van der Waals surface area contributed by atoms with Gasteiger partial charge in [0.2, 0.25) is 11.8 Å². The summed E-state index contributed by atoms with van der Waals surface area (Å²) < 4.78 is 13.0. The third-order valence-electron chi connectivity index (χ3n) is 2.39. The molecule has 0 saturated carbocycles. The van der Waals surface area contributed by atoms with Crippen molar-refractivity contribution < 1.29 is 14.0 Å². The number of halogens is 1. The Morgan fingerprint density at radius 3 is 2.61 bits per heavy atom. The van der Waals surface area contributed by atoms with Crippen molar-refractivity contribution in [3.8, 4) is 0 Å². The second-order valence-corrected chi connectivity index (χ2v) is 4.10. The van der Waals surface area contributed by atoms with Gasteiger partial charge in [-0.05, 0) is 18.2 Å². The molecule has 0 aliphatic rings. The van der Waals surface area contributed by atoms with Gasteiger partial charge in [-0.2, -0.15) is 0 Å². The van der Waals surface area contributed by atoms with Gasteiger partial charge in [-0.25, -0.2) is 4.39 Å². The first-order valence-electron chi connectivity index (χ1n) is 5.41. The number of benzene rings is 1. The molecule has 0 aliphatic heterocycles. The Morgan fingerprint density at radius 2 is 2.11 bits per heavy atom. The van der Waals surface area contributed by atoms with Crippen molar-refractivity contribution in [1.82, 2.24) is 4.90 Å². The van der Waals surface area contributed by atoms with E-state index in [9.17, 15) is 14.0 Å². The molecule has 0 bridgehead atoms. The van der Waals surface area contributed by atoms with E-state index in [1.807, 2.05) is 0 Å². The molecule has 0 spiro atoms. The molecule has 1 aromatic carbocycles. The first-order chi connectivity index (χ1) is 8.40. The van der Waals surface area contributed by atoms with Gasteiger partial charge >= 0.3 is 0 Å². The standard InChI is InChI=1S/C12H16FN3O2/c1-16(2)11(17)7-10(12(14)18)15-9-5-3-4-8(13)6-9/h3-6,10,15H,7H2,1-2H3,(H2,14,18). The normalized spacial score (nSPS) is 11.7. The molecule has 1 atom stereocenters. The molecule has 3 N–H and O–H groups in total. The Hall–Kier alpha value is -2.11. The van der Waals surface area contributed by atoms with Crippen molar-refractivity contribution >= 4 is 17.5 Å². The van der Waals surface area contributed by atoms with Gasteiger partial charge in [0, 0.05) is 19.8 Å². The summed E-state index contributed by atoms with van der Waals surface area (Å²) in [5.74, 6) is -1.32. The van der Waals surface area contributed by atoms with Crippen LogP contribution in [-0.2, 0) is 9.59 Å². The summed E-state index contributed by atoms with van der Waals surface area (Å²) in [5.41, 5.74) is 5.61. The predicted molar refractivity (Wildman–Crippen MR) is 66.3 cm³/mol. The van der Waals surface area contributed by atoms with Gasteiger partial charge in [0.05, 0.1) is 6.42 Å². The van der Waals surface area contributed by atoms with E-state index in [1.54, 1.807) is 20.2 Å². The van der Waals surface area contributed by atoms with E-state index in [0.29, 0.717) is 5.69 Å². The molecule has 0 saturated heterocycles. The lowest BCUT2D eigenvalue weighted by atomic mass is 10.1. The molecule has 98 valence electrons. The topological polar surface area (TPSA) is 75.4 Å². The minimum absolute atomic E-state index is 0.0706. The van der Waals surface area contributed by atoms with Crippen molar-refractivity contribution in [3.63, 3.8) is 0 Å². The number of nitrogens with zero attached hydrogens (tertiary/aromatic N) is 1. The Morgan fingerprint density at radius 1 is 1.44 bits per heavy atom. The largest absolute Gasteiger partial charge is 0.373 e. The van der Waals surface area contributed by atoms with Crippen molar-refractivity contribution in [2.24, 2.45) is 5.73 Å². The van der Waals surface area contributed by atoms with Gasteiger partial charge in [-0.15, -0.1) is 0 Å². The number of hydrogen-bond donors (Lipinski definition) is 2. The average molecular weight is 253 g/mol. The number of rotatable bonds is 5. The van der Waals surface area contributed by atoms with Gasteiger partial charge in [0.1, 0.15) is 11.9 Å². The Balaban J connectivity index is 2.75. The zero-order valence-electron chi connectivity index (χ0n) is 10.3. The predicted octanol–water partition coefficient (Wildman–Crippen LogP) is 0.570. The molecule has 6 heteroatoms. The molecule has 2 amide bonds. The monoisotopic (exact) mass is 253 g/mol. The van der Waals surface area contributed by atoms with Crippen LogP contribution in [-0.4, -0.2) is 36.9 Å². The quantitative estimate of drug-likeness (QED) is 0.805. The van der Waals surface area contributed by atoms with Crippen molar-refractivity contribution in [3.05, 3.63) is 30.1 Å². The molecule has 0 fully saturated rings. The Kier molecular flexibility index (Phi) is 4.65. The number of carbonyl (C=O) groups is 2. The average Bonchev–Trinajstić information content (AvgIpc) is 2.27. The summed E-state index contributed by atoms with van der Waals surface area (Å²) in [4.78, 5) is 24.1. The molecular weight excluding hydrogens is 237 g/mol. The molecule has 1 rings (SSSR count). The smallest absolute Gasteiger partial charge is 0.240 e. The van der Waals surface area contributed by atoms with Gasteiger partial charge in [-0.3, -0.25) is 9.59 Å². The Labute approximate surface area is 105 Å². The van der Waals surface area contributed by atoms with E-state index >= 15 is 0 Å². The summed E-state index contributed by atoms with van der Waals surface area (Å²) in [5, 5.41) is 2.74. The lowest BCUT2D eigenvalue weighted by molar-refractivity contribution is -0.131. The maximum Gasteiger partial charge on any atom is 0.240 e. The molecule has 0 aromatic heterocycles. The van der Waals surface area contributed by atoms with Crippen molar-refractivity contribution in [2.45, 2.75) is 12.5 Å². The summed E-state index contributed by atoms with van der Waals surface area (Å²) in [6.45, 7) is 0. The van der Waals surface area contributed by atoms with Crippen LogP contribution in [0.2, 0.25) is 0 Å². The van der Waals surface area contributed by atoms with Crippen LogP contribution in [0.15, 0.2) is 24.3 Å². The lowest BCUT2D eigenvalue weighted by Gasteiger charge is -2.18. The fraction of sp³-hybridized carbons (Fsp3) is 0.333. The van der Waals surface area contributed by atoms with Crippen molar-refractivity contribution in [1.29, 1.82) is 0 Å². The summed E-state index contributed by atoms with van der Waals surface area (Å²) in [6.07, 6.45) is -0.0706. The molecule has 1 aromatic rings. The minimum Gasteiger partial charge on any atom is -0.373 e. The molecule has 18 heavy (non-hydrogen) atoms. The van der Waals surface area contributed by atoms with E-state index in [0.717, 1.165) is 0 Å². The summed E-state index contributed by atoms with van der Waals surface area (Å²) in [6, 6.07) is 4.76. The highest BCUT2D eigenvalue weighted by molar-refractivity contribution is 5.89. The van der Waals surface area contributed by atoms with E-state index in [4.69, 9.17) is 5.73 Å². The molecule has 5 nitrogen and oxygen atoms in total. The maximum atomic E-state index is 13.0. The van der Waals surface area contributed by atoms with E-state index < -0.39 is 17.8 Å². The van der Waals surface area contributed by atoms with E-state index in [-0.39, 0.29) is 12.3 Å². The van der Waals surface area contributed by atoms with Gasteiger partial charge in [0.15, 0.2) is 0 Å². The second-order valence-electron chi connectivity index (χ2n) is 4.10. The number of nitrogens with two attached hydrogens (primary N) is 1. The van der Waals surface area contributed by atoms with Crippen LogP contribution in [0.5, 0.6) is 0 Å². The number of nitrogens with one attached hydrogen (secondary N) is 1. The highest BCUT2D eigenvalue weighted by Gasteiger charge is 2.20. The molecule has 0 radical (unpaired) electrons. The zero-order chi connectivity index (χ0) is 13.7. The Bertz CT molecular complexity index is 449. The van der Waals surface area contributed by atoms with Crippen molar-refractivity contribution in [2.75, 3.05) is 19.4 Å². The van der Waals surface area contributed by atoms with Gasteiger partial charge in [0.25, 0.3) is 0 Å². The molecule has 1 unspecified atom stereocenters. The maximum absolute atomic E-state index is 13.0. The minimum atomic E-state index is -0.860. The van der Waals surface area contributed by atoms with Gasteiger partial charge < -0.3 is 16.0 Å². The SMILES string of the molecule is CN(C)C(=O)CC(Nc1cccc(F)c1)C(N)=O. The highest BCUT2D eigenvalue weighted by Crippen LogP contribution is 2.12. The molecule has 0 aliphatic carbocycles. The van der Waals surface area contributed by atoms with Crippen LogP contribution < -0.4 is 11.1 Å². The third kappa shape index (κ3) is 4.04. The number of hydrogen-bond acceptors (Lipinski definition) is 3. The van der Waals surface area contributed by atoms with E-state index in [1.165, 1.54) is 23.1 Å². The van der Waals surface area contributed by atoms with Crippen LogP contribution in [0, 0.1) is 5.82 Å².